The van der Waals surface area contributed by atoms with E-state index in [1.165, 1.54) is 37.6 Å². The van der Waals surface area contributed by atoms with Crippen LogP contribution in [0.5, 0.6) is 11.5 Å². The predicted octanol–water partition coefficient (Wildman–Crippen LogP) is 3.57. The van der Waals surface area contributed by atoms with Crippen molar-refractivity contribution in [3.05, 3.63) is 94.5 Å². The standard InChI is InChI=1S/C26H23N5O6S2/c1-17-8-11-19(12-9-17)25(33)28-26-31-30-24(38-26)15-23(32)29-27-16-18-10-13-21(22(14-18)36-2)37-39(34,35)20-6-4-3-5-7-20/h3-14,16H,15H2,1-2H3,(H,29,32)(H,28,31,33)/b27-16-. The highest BCUT2D eigenvalue weighted by atomic mass is 32.2. The summed E-state index contributed by atoms with van der Waals surface area (Å²) in [6, 6.07) is 19.3. The van der Waals surface area contributed by atoms with E-state index >= 15 is 0 Å². The Kier molecular flexibility index (Phi) is 8.63. The second-order valence-electron chi connectivity index (χ2n) is 8.05. The molecule has 0 atom stereocenters. The Morgan fingerprint density at radius 1 is 1.00 bits per heavy atom. The fourth-order valence-electron chi connectivity index (χ4n) is 3.19. The lowest BCUT2D eigenvalue weighted by molar-refractivity contribution is -0.120. The first kappa shape index (κ1) is 27.4. The van der Waals surface area contributed by atoms with Crippen LogP contribution in [0.1, 0.15) is 26.5 Å². The summed E-state index contributed by atoms with van der Waals surface area (Å²) < 4.78 is 35.5. The van der Waals surface area contributed by atoms with E-state index in [9.17, 15) is 18.0 Å². The Morgan fingerprint density at radius 2 is 1.74 bits per heavy atom. The van der Waals surface area contributed by atoms with Crippen molar-refractivity contribution < 1.29 is 26.9 Å². The second-order valence-corrected chi connectivity index (χ2v) is 10.7. The molecule has 4 rings (SSSR count). The molecule has 0 saturated carbocycles. The first-order valence-electron chi connectivity index (χ1n) is 11.4. The van der Waals surface area contributed by atoms with Crippen molar-refractivity contribution in [3.63, 3.8) is 0 Å². The smallest absolute Gasteiger partial charge is 0.339 e. The molecule has 0 bridgehead atoms. The van der Waals surface area contributed by atoms with Crippen molar-refractivity contribution in [3.8, 4) is 11.5 Å². The Balaban J connectivity index is 1.32. The van der Waals surface area contributed by atoms with Gasteiger partial charge in [0.2, 0.25) is 11.0 Å². The van der Waals surface area contributed by atoms with Gasteiger partial charge in [-0.2, -0.15) is 13.5 Å². The molecule has 1 aromatic heterocycles. The molecular formula is C26H23N5O6S2. The van der Waals surface area contributed by atoms with Gasteiger partial charge in [-0.25, -0.2) is 5.43 Å². The highest BCUT2D eigenvalue weighted by Crippen LogP contribution is 2.30. The fourth-order valence-corrected chi connectivity index (χ4v) is 4.89. The monoisotopic (exact) mass is 565 g/mol. The third-order valence-corrected chi connectivity index (χ3v) is 7.22. The molecular weight excluding hydrogens is 542 g/mol. The molecule has 3 aromatic carbocycles. The number of aryl methyl sites for hydroxylation is 1. The normalized spacial score (nSPS) is 11.2. The number of ether oxygens (including phenoxy) is 1. The van der Waals surface area contributed by atoms with E-state index in [4.69, 9.17) is 8.92 Å². The minimum absolute atomic E-state index is 0.00378. The van der Waals surface area contributed by atoms with Gasteiger partial charge in [-0.15, -0.1) is 10.2 Å². The van der Waals surface area contributed by atoms with Crippen LogP contribution < -0.4 is 19.7 Å². The average Bonchev–Trinajstić information content (AvgIpc) is 3.36. The Hall–Kier alpha value is -4.62. The molecule has 0 spiro atoms. The largest absolute Gasteiger partial charge is 0.493 e. The van der Waals surface area contributed by atoms with Crippen LogP contribution in [0.15, 0.2) is 82.8 Å². The van der Waals surface area contributed by atoms with Gasteiger partial charge in [-0.1, -0.05) is 47.2 Å². The molecule has 0 aliphatic rings. The lowest BCUT2D eigenvalue weighted by atomic mass is 10.1. The van der Waals surface area contributed by atoms with E-state index in [2.05, 4.69) is 26.0 Å². The second kappa shape index (κ2) is 12.3. The van der Waals surface area contributed by atoms with Gasteiger partial charge in [0.15, 0.2) is 11.5 Å². The fraction of sp³-hybridized carbons (Fsp3) is 0.115. The quantitative estimate of drug-likeness (QED) is 0.168. The van der Waals surface area contributed by atoms with Gasteiger partial charge in [-0.3, -0.25) is 14.9 Å². The molecule has 0 saturated heterocycles. The van der Waals surface area contributed by atoms with E-state index in [0.29, 0.717) is 16.1 Å². The van der Waals surface area contributed by atoms with Crippen LogP contribution in [0.25, 0.3) is 0 Å². The Labute approximate surface area is 228 Å². The van der Waals surface area contributed by atoms with Crippen LogP contribution in [0.2, 0.25) is 0 Å². The number of amides is 2. The number of rotatable bonds is 10. The van der Waals surface area contributed by atoms with Gasteiger partial charge in [0, 0.05) is 5.56 Å². The summed E-state index contributed by atoms with van der Waals surface area (Å²) in [7, 11) is -2.67. The molecule has 200 valence electrons. The van der Waals surface area contributed by atoms with Gasteiger partial charge in [0.25, 0.3) is 5.91 Å². The third-order valence-electron chi connectivity index (χ3n) is 5.13. The van der Waals surface area contributed by atoms with Gasteiger partial charge < -0.3 is 8.92 Å². The number of hydrogen-bond acceptors (Lipinski definition) is 10. The summed E-state index contributed by atoms with van der Waals surface area (Å²) in [4.78, 5) is 24.6. The maximum atomic E-state index is 12.5. The molecule has 0 radical (unpaired) electrons. The van der Waals surface area contributed by atoms with Crippen molar-refractivity contribution in [1.82, 2.24) is 15.6 Å². The van der Waals surface area contributed by atoms with Gasteiger partial charge >= 0.3 is 10.1 Å². The van der Waals surface area contributed by atoms with E-state index in [0.717, 1.165) is 16.9 Å². The minimum atomic E-state index is -4.04. The third kappa shape index (κ3) is 7.46. The number of carbonyl (C=O) groups excluding carboxylic acids is 2. The van der Waals surface area contributed by atoms with Crippen LogP contribution in [0, 0.1) is 6.92 Å². The minimum Gasteiger partial charge on any atom is -0.493 e. The molecule has 0 aliphatic carbocycles. The molecule has 39 heavy (non-hydrogen) atoms. The molecule has 11 nitrogen and oxygen atoms in total. The summed E-state index contributed by atoms with van der Waals surface area (Å²) in [5, 5.41) is 15.1. The SMILES string of the molecule is COc1cc(/C=N\NC(=O)Cc2nnc(NC(=O)c3ccc(C)cc3)s2)ccc1OS(=O)(=O)c1ccccc1. The molecule has 4 aromatic rings. The number of methoxy groups -OCH3 is 1. The molecule has 0 unspecified atom stereocenters. The summed E-state index contributed by atoms with van der Waals surface area (Å²) in [5.74, 6) is -0.598. The molecule has 2 N–H and O–H groups in total. The molecule has 13 heteroatoms. The van der Waals surface area contributed by atoms with E-state index in [1.807, 2.05) is 19.1 Å². The zero-order chi connectivity index (χ0) is 27.8. The highest BCUT2D eigenvalue weighted by molar-refractivity contribution is 7.87. The van der Waals surface area contributed by atoms with Crippen molar-refractivity contribution in [2.75, 3.05) is 12.4 Å². The maximum absolute atomic E-state index is 12.5. The number of nitrogens with one attached hydrogen (secondary N) is 2. The van der Waals surface area contributed by atoms with Crippen molar-refractivity contribution in [1.29, 1.82) is 0 Å². The summed E-state index contributed by atoms with van der Waals surface area (Å²) in [5.41, 5.74) is 4.43. The summed E-state index contributed by atoms with van der Waals surface area (Å²) in [6.07, 6.45) is 1.27. The van der Waals surface area contributed by atoms with Crippen LogP contribution in [0.3, 0.4) is 0 Å². The zero-order valence-corrected chi connectivity index (χ0v) is 22.5. The number of nitrogens with zero attached hydrogens (tertiary/aromatic N) is 3. The average molecular weight is 566 g/mol. The van der Waals surface area contributed by atoms with E-state index in [1.54, 1.807) is 36.4 Å². The lowest BCUT2D eigenvalue weighted by Gasteiger charge is -2.11. The van der Waals surface area contributed by atoms with Gasteiger partial charge in [0.1, 0.15) is 9.90 Å². The molecule has 0 aliphatic heterocycles. The van der Waals surface area contributed by atoms with Gasteiger partial charge in [-0.05, 0) is 55.0 Å². The zero-order valence-electron chi connectivity index (χ0n) is 20.8. The predicted molar refractivity (Wildman–Crippen MR) is 146 cm³/mol. The number of carbonyl (C=O) groups is 2. The summed E-state index contributed by atoms with van der Waals surface area (Å²) >= 11 is 1.08. The first-order chi connectivity index (χ1) is 18.7. The number of aromatic nitrogens is 2. The number of benzene rings is 3. The number of hydrazone groups is 1. The Morgan fingerprint density at radius 3 is 2.46 bits per heavy atom. The number of hydrogen-bond donors (Lipinski definition) is 2. The van der Waals surface area contributed by atoms with Crippen LogP contribution in [-0.4, -0.2) is 43.8 Å². The van der Waals surface area contributed by atoms with Crippen molar-refractivity contribution >= 4 is 44.6 Å². The number of anilines is 1. The topological polar surface area (TPSA) is 149 Å². The van der Waals surface area contributed by atoms with E-state index < -0.39 is 16.0 Å². The van der Waals surface area contributed by atoms with Crippen LogP contribution in [0.4, 0.5) is 5.13 Å². The lowest BCUT2D eigenvalue weighted by Crippen LogP contribution is -2.19. The maximum Gasteiger partial charge on any atom is 0.339 e. The van der Waals surface area contributed by atoms with Crippen LogP contribution >= 0.6 is 11.3 Å². The van der Waals surface area contributed by atoms with Crippen LogP contribution in [-0.2, 0) is 21.3 Å². The highest BCUT2D eigenvalue weighted by Gasteiger charge is 2.19. The van der Waals surface area contributed by atoms with Crippen molar-refractivity contribution in [2.24, 2.45) is 5.10 Å². The Bertz CT molecular complexity index is 1600. The van der Waals surface area contributed by atoms with Crippen molar-refractivity contribution in [2.45, 2.75) is 18.2 Å². The summed E-state index contributed by atoms with van der Waals surface area (Å²) in [6.45, 7) is 1.93. The molecule has 1 heterocycles. The van der Waals surface area contributed by atoms with E-state index in [-0.39, 0.29) is 33.9 Å². The van der Waals surface area contributed by atoms with Gasteiger partial charge in [0.05, 0.1) is 19.7 Å². The molecule has 2 amide bonds. The first-order valence-corrected chi connectivity index (χ1v) is 13.7. The molecule has 0 fully saturated rings.